The van der Waals surface area contributed by atoms with Crippen molar-refractivity contribution in [1.29, 1.82) is 0 Å². The van der Waals surface area contributed by atoms with Crippen LogP contribution in [0.1, 0.15) is 24.0 Å². The van der Waals surface area contributed by atoms with Gasteiger partial charge in [-0.1, -0.05) is 18.3 Å². The van der Waals surface area contributed by atoms with Gasteiger partial charge in [-0.05, 0) is 19.3 Å². The van der Waals surface area contributed by atoms with Gasteiger partial charge in [-0.3, -0.25) is 9.69 Å². The van der Waals surface area contributed by atoms with Crippen molar-refractivity contribution in [1.82, 2.24) is 19.5 Å². The van der Waals surface area contributed by atoms with Gasteiger partial charge in [0.2, 0.25) is 4.96 Å². The van der Waals surface area contributed by atoms with Gasteiger partial charge < -0.3 is 5.73 Å². The van der Waals surface area contributed by atoms with Gasteiger partial charge in [0.05, 0.1) is 6.54 Å². The summed E-state index contributed by atoms with van der Waals surface area (Å²) in [5.41, 5.74) is 6.67. The van der Waals surface area contributed by atoms with E-state index in [-0.39, 0.29) is 5.56 Å². The molecule has 3 heterocycles. The lowest BCUT2D eigenvalue weighted by molar-refractivity contribution is 0.157. The fourth-order valence-electron chi connectivity index (χ4n) is 2.61. The number of aryl methyl sites for hydroxylation is 1. The minimum absolute atomic E-state index is 0.107. The van der Waals surface area contributed by atoms with Gasteiger partial charge in [-0.15, -0.1) is 0 Å². The fourth-order valence-corrected chi connectivity index (χ4v) is 3.60. The average molecular weight is 293 g/mol. The monoisotopic (exact) mass is 293 g/mol. The minimum atomic E-state index is -0.107. The van der Waals surface area contributed by atoms with Gasteiger partial charge >= 0.3 is 0 Å². The summed E-state index contributed by atoms with van der Waals surface area (Å²) in [4.78, 5) is 19.2. The van der Waals surface area contributed by atoms with E-state index in [4.69, 9.17) is 5.73 Å². The van der Waals surface area contributed by atoms with Crippen LogP contribution in [0.25, 0.3) is 4.96 Å². The number of rotatable bonds is 2. The summed E-state index contributed by atoms with van der Waals surface area (Å²) < 4.78 is 1.39. The number of nitrogens with zero attached hydrogens (tertiary/aromatic N) is 4. The molecule has 0 aliphatic carbocycles. The van der Waals surface area contributed by atoms with Crippen molar-refractivity contribution in [3.8, 4) is 0 Å². The number of aromatic nitrogens is 3. The first-order valence-electron chi connectivity index (χ1n) is 6.87. The number of hydrogen-bond acceptors (Lipinski definition) is 6. The third kappa shape index (κ3) is 2.61. The van der Waals surface area contributed by atoms with Crippen molar-refractivity contribution in [3.05, 3.63) is 27.1 Å². The summed E-state index contributed by atoms with van der Waals surface area (Å²) in [6.45, 7) is 6.75. The molecule has 2 aromatic heterocycles. The fraction of sp³-hybridized carbons (Fsp3) is 0.615. The van der Waals surface area contributed by atoms with Crippen LogP contribution < -0.4 is 11.3 Å². The molecule has 20 heavy (non-hydrogen) atoms. The van der Waals surface area contributed by atoms with Crippen molar-refractivity contribution < 1.29 is 0 Å². The van der Waals surface area contributed by atoms with Crippen molar-refractivity contribution >= 4 is 16.3 Å². The van der Waals surface area contributed by atoms with Crippen LogP contribution in [0.2, 0.25) is 0 Å². The predicted molar refractivity (Wildman–Crippen MR) is 78.9 cm³/mol. The molecule has 108 valence electrons. The van der Waals surface area contributed by atoms with Gasteiger partial charge in [0, 0.05) is 30.9 Å². The third-order valence-corrected chi connectivity index (χ3v) is 4.72. The SMILES string of the molecule is Cc1cc(=O)n2nc(CN3CCC(N)C(C)C3)sc2n1. The van der Waals surface area contributed by atoms with Crippen molar-refractivity contribution in [2.45, 2.75) is 32.9 Å². The minimum Gasteiger partial charge on any atom is -0.327 e. The summed E-state index contributed by atoms with van der Waals surface area (Å²) in [6, 6.07) is 1.81. The lowest BCUT2D eigenvalue weighted by atomic mass is 9.95. The van der Waals surface area contributed by atoms with Gasteiger partial charge in [0.25, 0.3) is 5.56 Å². The predicted octanol–water partition coefficient (Wildman–Crippen LogP) is 0.629. The summed E-state index contributed by atoms with van der Waals surface area (Å²) >= 11 is 1.49. The smallest absolute Gasteiger partial charge is 0.275 e. The van der Waals surface area contributed by atoms with E-state index in [0.29, 0.717) is 16.9 Å². The summed E-state index contributed by atoms with van der Waals surface area (Å²) in [7, 11) is 0. The van der Waals surface area contributed by atoms with Gasteiger partial charge in [-0.25, -0.2) is 4.98 Å². The van der Waals surface area contributed by atoms with Crippen molar-refractivity contribution in [3.63, 3.8) is 0 Å². The van der Waals surface area contributed by atoms with E-state index < -0.39 is 0 Å². The van der Waals surface area contributed by atoms with Crippen molar-refractivity contribution in [2.75, 3.05) is 13.1 Å². The first-order chi connectivity index (χ1) is 9.52. The number of nitrogens with two attached hydrogens (primary N) is 1. The van der Waals surface area contributed by atoms with E-state index >= 15 is 0 Å². The first kappa shape index (κ1) is 13.7. The molecular formula is C13H19N5OS. The molecule has 1 aliphatic rings. The second-order valence-corrected chi connectivity index (χ2v) is 6.63. The van der Waals surface area contributed by atoms with Gasteiger partial charge in [0.15, 0.2) is 0 Å². The molecule has 0 aromatic carbocycles. The topological polar surface area (TPSA) is 76.5 Å². The first-order valence-corrected chi connectivity index (χ1v) is 7.69. The lowest BCUT2D eigenvalue weighted by Crippen LogP contribution is -2.45. The quantitative estimate of drug-likeness (QED) is 0.879. The Kier molecular flexibility index (Phi) is 3.57. The van der Waals surface area contributed by atoms with Gasteiger partial charge in [-0.2, -0.15) is 9.61 Å². The number of fused-ring (bicyclic) bond motifs is 1. The molecule has 1 saturated heterocycles. The highest BCUT2D eigenvalue weighted by atomic mass is 32.1. The average Bonchev–Trinajstić information content (AvgIpc) is 2.76. The maximum Gasteiger partial charge on any atom is 0.275 e. The lowest BCUT2D eigenvalue weighted by Gasteiger charge is -2.34. The largest absolute Gasteiger partial charge is 0.327 e. The number of likely N-dealkylation sites (tertiary alicyclic amines) is 1. The highest BCUT2D eigenvalue weighted by molar-refractivity contribution is 7.16. The van der Waals surface area contributed by atoms with Crippen LogP contribution in [0.3, 0.4) is 0 Å². The van der Waals surface area contributed by atoms with E-state index in [9.17, 15) is 4.79 Å². The summed E-state index contributed by atoms with van der Waals surface area (Å²) in [6.07, 6.45) is 1.02. The van der Waals surface area contributed by atoms with Crippen LogP contribution >= 0.6 is 11.3 Å². The maximum absolute atomic E-state index is 11.8. The van der Waals surface area contributed by atoms with Crippen LogP contribution in [0.5, 0.6) is 0 Å². The molecule has 6 nitrogen and oxygen atoms in total. The Morgan fingerprint density at radius 1 is 1.55 bits per heavy atom. The molecule has 2 N–H and O–H groups in total. The molecule has 1 fully saturated rings. The highest BCUT2D eigenvalue weighted by Crippen LogP contribution is 2.19. The molecule has 2 unspecified atom stereocenters. The molecule has 1 aliphatic heterocycles. The Morgan fingerprint density at radius 3 is 3.10 bits per heavy atom. The molecule has 0 saturated carbocycles. The van der Waals surface area contributed by atoms with Crippen LogP contribution in [-0.2, 0) is 6.54 Å². The van der Waals surface area contributed by atoms with Crippen LogP contribution in [0.15, 0.2) is 10.9 Å². The Hall–Kier alpha value is -1.31. The summed E-state index contributed by atoms with van der Waals surface area (Å²) in [5, 5.41) is 5.31. The Bertz CT molecular complexity index is 679. The van der Waals surface area contributed by atoms with E-state index in [1.807, 2.05) is 6.92 Å². The molecule has 7 heteroatoms. The Labute approximate surface area is 121 Å². The van der Waals surface area contributed by atoms with Crippen LogP contribution in [0, 0.1) is 12.8 Å². The van der Waals surface area contributed by atoms with Gasteiger partial charge in [0.1, 0.15) is 5.01 Å². The summed E-state index contributed by atoms with van der Waals surface area (Å²) in [5.74, 6) is 0.501. The number of piperidine rings is 1. The highest BCUT2D eigenvalue weighted by Gasteiger charge is 2.23. The standard InChI is InChI=1S/C13H19N5OS/c1-8-6-17(4-3-10(8)14)7-11-16-18-12(19)5-9(2)15-13(18)20-11/h5,8,10H,3-4,6-7,14H2,1-2H3. The van der Waals surface area contributed by atoms with Crippen LogP contribution in [0.4, 0.5) is 0 Å². The molecule has 2 aromatic rings. The zero-order valence-corrected chi connectivity index (χ0v) is 12.6. The molecule has 0 radical (unpaired) electrons. The molecule has 0 spiro atoms. The second-order valence-electron chi connectivity index (χ2n) is 5.59. The van der Waals surface area contributed by atoms with Crippen molar-refractivity contribution in [2.24, 2.45) is 11.7 Å². The van der Waals surface area contributed by atoms with E-state index in [1.165, 1.54) is 21.9 Å². The van der Waals surface area contributed by atoms with E-state index in [0.717, 1.165) is 36.8 Å². The third-order valence-electron chi connectivity index (χ3n) is 3.83. The molecule has 0 bridgehead atoms. The molecule has 3 rings (SSSR count). The molecular weight excluding hydrogens is 274 g/mol. The van der Waals surface area contributed by atoms with E-state index in [2.05, 4.69) is 21.9 Å². The number of hydrogen-bond donors (Lipinski definition) is 1. The van der Waals surface area contributed by atoms with Crippen LogP contribution in [-0.4, -0.2) is 38.6 Å². The molecule has 0 amide bonds. The zero-order chi connectivity index (χ0) is 14.3. The maximum atomic E-state index is 11.8. The normalized spacial score (nSPS) is 24.4. The Morgan fingerprint density at radius 2 is 2.35 bits per heavy atom. The Balaban J connectivity index is 1.81. The second kappa shape index (κ2) is 5.23. The van der Waals surface area contributed by atoms with E-state index in [1.54, 1.807) is 0 Å². The molecule has 2 atom stereocenters. The zero-order valence-electron chi connectivity index (χ0n) is 11.7.